The van der Waals surface area contributed by atoms with Crippen LogP contribution in [0.15, 0.2) is 22.9 Å². The molecule has 0 saturated heterocycles. The predicted molar refractivity (Wildman–Crippen MR) is 104 cm³/mol. The van der Waals surface area contributed by atoms with E-state index >= 15 is 0 Å². The molecule has 1 N–H and O–H groups in total. The number of rotatable bonds is 6. The first-order chi connectivity index (χ1) is 14.8. The van der Waals surface area contributed by atoms with Crippen LogP contribution in [-0.4, -0.2) is 54.4 Å². The summed E-state index contributed by atoms with van der Waals surface area (Å²) >= 11 is 0. The van der Waals surface area contributed by atoms with Gasteiger partial charge in [0, 0.05) is 38.1 Å². The van der Waals surface area contributed by atoms with Crippen molar-refractivity contribution < 1.29 is 22.8 Å². The second kappa shape index (κ2) is 8.36. The molecular formula is C19H21F2N7O3. The molecule has 0 radical (unpaired) electrons. The van der Waals surface area contributed by atoms with Gasteiger partial charge in [0.15, 0.2) is 5.69 Å². The summed E-state index contributed by atoms with van der Waals surface area (Å²) < 4.78 is 38.3. The average molecular weight is 433 g/mol. The lowest BCUT2D eigenvalue weighted by molar-refractivity contribution is -0.0361. The number of aryl methyl sites for hydroxylation is 1. The van der Waals surface area contributed by atoms with Crippen molar-refractivity contribution in [1.82, 2.24) is 29.9 Å². The standard InChI is InChI=1S/C19H21F2N7O3/c1-3-30-17(29)13-6-9-28(26-13)18-24-14(16-22-11(2)31-27-16)10-15(25-18)23-12-4-7-19(20,21)8-5-12/h6,9-10,12H,3-5,7-8H2,1-2H3,(H,23,24,25). The Hall–Kier alpha value is -3.44. The van der Waals surface area contributed by atoms with Crippen molar-refractivity contribution in [3.05, 3.63) is 29.9 Å². The van der Waals surface area contributed by atoms with Crippen LogP contribution in [0.25, 0.3) is 17.5 Å². The number of carbonyl (C=O) groups is 1. The number of nitrogens with zero attached hydrogens (tertiary/aromatic N) is 6. The van der Waals surface area contributed by atoms with Crippen molar-refractivity contribution >= 4 is 11.8 Å². The van der Waals surface area contributed by atoms with E-state index in [2.05, 4.69) is 30.5 Å². The van der Waals surface area contributed by atoms with Crippen LogP contribution in [0.3, 0.4) is 0 Å². The molecule has 1 aliphatic carbocycles. The van der Waals surface area contributed by atoms with Crippen LogP contribution < -0.4 is 5.32 Å². The Morgan fingerprint density at radius 2 is 2.10 bits per heavy atom. The Balaban J connectivity index is 1.65. The van der Waals surface area contributed by atoms with Crippen LogP contribution in [0.5, 0.6) is 0 Å². The molecule has 12 heteroatoms. The van der Waals surface area contributed by atoms with Crippen molar-refractivity contribution in [2.75, 3.05) is 11.9 Å². The third-order valence-corrected chi connectivity index (χ3v) is 4.82. The number of anilines is 1. The minimum Gasteiger partial charge on any atom is -0.461 e. The maximum absolute atomic E-state index is 13.5. The zero-order chi connectivity index (χ0) is 22.0. The number of hydrogen-bond donors (Lipinski definition) is 1. The van der Waals surface area contributed by atoms with Gasteiger partial charge in [0.2, 0.25) is 17.6 Å². The summed E-state index contributed by atoms with van der Waals surface area (Å²) in [5.41, 5.74) is 0.467. The first-order valence-electron chi connectivity index (χ1n) is 9.90. The van der Waals surface area contributed by atoms with Crippen molar-refractivity contribution in [3.8, 4) is 17.5 Å². The summed E-state index contributed by atoms with van der Waals surface area (Å²) in [6.45, 7) is 3.58. The smallest absolute Gasteiger partial charge is 0.358 e. The van der Waals surface area contributed by atoms with Crippen LogP contribution >= 0.6 is 0 Å². The van der Waals surface area contributed by atoms with Gasteiger partial charge in [-0.15, -0.1) is 0 Å². The van der Waals surface area contributed by atoms with Crippen molar-refractivity contribution in [1.29, 1.82) is 0 Å². The Kier molecular flexibility index (Phi) is 5.61. The van der Waals surface area contributed by atoms with Gasteiger partial charge >= 0.3 is 5.97 Å². The van der Waals surface area contributed by atoms with Gasteiger partial charge in [-0.2, -0.15) is 15.1 Å². The molecule has 10 nitrogen and oxygen atoms in total. The number of nitrogens with one attached hydrogen (secondary N) is 1. The summed E-state index contributed by atoms with van der Waals surface area (Å²) in [7, 11) is 0. The van der Waals surface area contributed by atoms with Crippen LogP contribution in [-0.2, 0) is 4.74 Å². The molecule has 3 aromatic rings. The lowest BCUT2D eigenvalue weighted by Crippen LogP contribution is -2.32. The van der Waals surface area contributed by atoms with Gasteiger partial charge in [-0.1, -0.05) is 5.16 Å². The molecule has 0 spiro atoms. The second-order valence-corrected chi connectivity index (χ2v) is 7.22. The molecule has 0 atom stereocenters. The van der Waals surface area contributed by atoms with Gasteiger partial charge in [-0.25, -0.2) is 23.2 Å². The SMILES string of the molecule is CCOC(=O)c1ccn(-c2nc(NC3CCC(F)(F)CC3)cc(-c3noc(C)n3)n2)n1. The molecule has 1 aliphatic rings. The fourth-order valence-electron chi connectivity index (χ4n) is 3.27. The molecule has 0 amide bonds. The predicted octanol–water partition coefficient (Wildman–Crippen LogP) is 3.19. The first-order valence-corrected chi connectivity index (χ1v) is 9.90. The van der Waals surface area contributed by atoms with E-state index in [-0.39, 0.29) is 43.0 Å². The van der Waals surface area contributed by atoms with Gasteiger partial charge in [0.05, 0.1) is 6.61 Å². The Morgan fingerprint density at radius 1 is 1.32 bits per heavy atom. The summed E-state index contributed by atoms with van der Waals surface area (Å²) in [6.07, 6.45) is 1.80. The highest BCUT2D eigenvalue weighted by atomic mass is 19.3. The van der Waals surface area contributed by atoms with E-state index in [1.54, 1.807) is 19.9 Å². The monoisotopic (exact) mass is 433 g/mol. The van der Waals surface area contributed by atoms with Crippen LogP contribution in [0, 0.1) is 6.92 Å². The van der Waals surface area contributed by atoms with Crippen LogP contribution in [0.2, 0.25) is 0 Å². The van der Waals surface area contributed by atoms with Crippen molar-refractivity contribution in [3.63, 3.8) is 0 Å². The van der Waals surface area contributed by atoms with E-state index in [1.807, 2.05) is 0 Å². The minimum absolute atomic E-state index is 0.107. The van der Waals surface area contributed by atoms with E-state index in [9.17, 15) is 13.6 Å². The summed E-state index contributed by atoms with van der Waals surface area (Å²) in [4.78, 5) is 25.0. The Labute approximate surface area is 176 Å². The normalized spacial score (nSPS) is 16.3. The summed E-state index contributed by atoms with van der Waals surface area (Å²) in [5, 5.41) is 11.2. The van der Waals surface area contributed by atoms with Crippen molar-refractivity contribution in [2.45, 2.75) is 51.5 Å². The highest BCUT2D eigenvalue weighted by Crippen LogP contribution is 2.34. The number of aromatic nitrogens is 6. The Bertz CT molecular complexity index is 1070. The fourth-order valence-corrected chi connectivity index (χ4v) is 3.27. The largest absolute Gasteiger partial charge is 0.461 e. The molecular weight excluding hydrogens is 412 g/mol. The van der Waals surface area contributed by atoms with Gasteiger partial charge in [-0.3, -0.25) is 0 Å². The molecule has 31 heavy (non-hydrogen) atoms. The maximum Gasteiger partial charge on any atom is 0.358 e. The Morgan fingerprint density at radius 3 is 2.77 bits per heavy atom. The van der Waals surface area contributed by atoms with Gasteiger partial charge < -0.3 is 14.6 Å². The number of carbonyl (C=O) groups excluding carboxylic acids is 1. The van der Waals surface area contributed by atoms with E-state index in [4.69, 9.17) is 9.26 Å². The topological polar surface area (TPSA) is 121 Å². The summed E-state index contributed by atoms with van der Waals surface area (Å²) in [6, 6.07) is 2.95. The van der Waals surface area contributed by atoms with Crippen LogP contribution in [0.4, 0.5) is 14.6 Å². The number of hydrogen-bond acceptors (Lipinski definition) is 9. The minimum atomic E-state index is -2.62. The zero-order valence-corrected chi connectivity index (χ0v) is 17.0. The van der Waals surface area contributed by atoms with Crippen LogP contribution in [0.1, 0.15) is 49.0 Å². The highest BCUT2D eigenvalue weighted by molar-refractivity contribution is 5.87. The molecule has 1 fully saturated rings. The van der Waals surface area contributed by atoms with E-state index in [0.29, 0.717) is 30.2 Å². The van der Waals surface area contributed by atoms with Gasteiger partial charge in [0.25, 0.3) is 5.95 Å². The quantitative estimate of drug-likeness (QED) is 0.584. The molecule has 0 unspecified atom stereocenters. The highest BCUT2D eigenvalue weighted by Gasteiger charge is 2.35. The van der Waals surface area contributed by atoms with Gasteiger partial charge in [0.1, 0.15) is 11.5 Å². The molecule has 1 saturated carbocycles. The number of esters is 1. The molecule has 3 aromatic heterocycles. The zero-order valence-electron chi connectivity index (χ0n) is 17.0. The molecule has 3 heterocycles. The molecule has 164 valence electrons. The van der Waals surface area contributed by atoms with E-state index in [0.717, 1.165) is 0 Å². The third kappa shape index (κ3) is 4.84. The number of alkyl halides is 2. The second-order valence-electron chi connectivity index (χ2n) is 7.22. The lowest BCUT2D eigenvalue weighted by atomic mass is 9.92. The third-order valence-electron chi connectivity index (χ3n) is 4.82. The number of ether oxygens (including phenoxy) is 1. The molecule has 0 bridgehead atoms. The fraction of sp³-hybridized carbons (Fsp3) is 0.474. The van der Waals surface area contributed by atoms with Crippen molar-refractivity contribution in [2.24, 2.45) is 0 Å². The van der Waals surface area contributed by atoms with E-state index in [1.165, 1.54) is 16.9 Å². The first kappa shape index (κ1) is 20.8. The van der Waals surface area contributed by atoms with Gasteiger partial charge in [-0.05, 0) is 25.8 Å². The lowest BCUT2D eigenvalue weighted by Gasteiger charge is -2.29. The molecule has 0 aliphatic heterocycles. The molecule has 0 aromatic carbocycles. The average Bonchev–Trinajstić information content (AvgIpc) is 3.39. The summed E-state index contributed by atoms with van der Waals surface area (Å²) in [5.74, 6) is -2.02. The molecule has 4 rings (SSSR count). The maximum atomic E-state index is 13.5. The van der Waals surface area contributed by atoms with E-state index < -0.39 is 11.9 Å². The number of halogens is 2.